The number of aromatic nitrogens is 3. The number of halogens is 2. The largest absolute Gasteiger partial charge is 0.396 e. The molecule has 2 heterocycles. The smallest absolute Gasteiger partial charge is 0.222 e. The fourth-order valence-corrected chi connectivity index (χ4v) is 3.31. The Morgan fingerprint density at radius 2 is 2.00 bits per heavy atom. The zero-order valence-corrected chi connectivity index (χ0v) is 14.1. The van der Waals surface area contributed by atoms with Gasteiger partial charge in [0.15, 0.2) is 0 Å². The number of nitrogen functional groups attached to an aromatic ring is 1. The first-order valence-electron chi connectivity index (χ1n) is 7.00. The van der Waals surface area contributed by atoms with Crippen LogP contribution in [0.5, 0.6) is 0 Å². The molecule has 0 bridgehead atoms. The summed E-state index contributed by atoms with van der Waals surface area (Å²) in [5.74, 6) is -0.178. The van der Waals surface area contributed by atoms with E-state index in [1.165, 1.54) is 17.4 Å². The van der Waals surface area contributed by atoms with Crippen LogP contribution < -0.4 is 5.73 Å². The number of hydrogen-bond donors (Lipinski definition) is 1. The third-order valence-corrected chi connectivity index (χ3v) is 4.83. The average Bonchev–Trinajstić information content (AvgIpc) is 2.95. The Labute approximate surface area is 142 Å². The molecule has 3 rings (SSSR count). The van der Waals surface area contributed by atoms with Crippen LogP contribution in [-0.4, -0.2) is 15.0 Å². The van der Waals surface area contributed by atoms with E-state index >= 15 is 0 Å². The molecule has 0 aliphatic heterocycles. The number of rotatable bonds is 3. The van der Waals surface area contributed by atoms with Crippen LogP contribution >= 0.6 is 22.9 Å². The molecule has 0 saturated heterocycles. The van der Waals surface area contributed by atoms with E-state index in [2.05, 4.69) is 23.8 Å². The second-order valence-electron chi connectivity index (χ2n) is 5.33. The predicted molar refractivity (Wildman–Crippen MR) is 92.0 cm³/mol. The number of thiazole rings is 1. The monoisotopic (exact) mass is 348 g/mol. The lowest BCUT2D eigenvalue weighted by molar-refractivity contribution is 0.632. The molecule has 3 aromatic rings. The number of nitrogens with zero attached hydrogens (tertiary/aromatic N) is 3. The first-order valence-corrected chi connectivity index (χ1v) is 8.20. The SMILES string of the molecule is CC(C)c1nc(-c2ccc(F)c(N)c2)c(-c2ccnc(Cl)n2)s1. The highest BCUT2D eigenvalue weighted by molar-refractivity contribution is 7.15. The van der Waals surface area contributed by atoms with Gasteiger partial charge in [0.2, 0.25) is 5.28 Å². The molecule has 2 aromatic heterocycles. The molecule has 0 aliphatic carbocycles. The molecular formula is C16H14ClFN4S. The summed E-state index contributed by atoms with van der Waals surface area (Å²) in [4.78, 5) is 13.7. The van der Waals surface area contributed by atoms with E-state index in [1.807, 2.05) is 0 Å². The first-order chi connectivity index (χ1) is 11.0. The zero-order valence-electron chi connectivity index (χ0n) is 12.5. The number of anilines is 1. The molecule has 0 fully saturated rings. The van der Waals surface area contributed by atoms with Gasteiger partial charge in [-0.2, -0.15) is 0 Å². The highest BCUT2D eigenvalue weighted by Gasteiger charge is 2.18. The Bertz CT molecular complexity index is 863. The van der Waals surface area contributed by atoms with Gasteiger partial charge in [-0.15, -0.1) is 11.3 Å². The van der Waals surface area contributed by atoms with Crippen LogP contribution in [-0.2, 0) is 0 Å². The molecule has 0 atom stereocenters. The highest BCUT2D eigenvalue weighted by atomic mass is 35.5. The van der Waals surface area contributed by atoms with Crippen molar-refractivity contribution in [1.82, 2.24) is 15.0 Å². The van der Waals surface area contributed by atoms with Crippen LogP contribution in [0.4, 0.5) is 10.1 Å². The van der Waals surface area contributed by atoms with Gasteiger partial charge in [-0.1, -0.05) is 13.8 Å². The van der Waals surface area contributed by atoms with E-state index in [4.69, 9.17) is 22.3 Å². The van der Waals surface area contributed by atoms with Crippen molar-refractivity contribution in [2.75, 3.05) is 5.73 Å². The molecule has 4 nitrogen and oxygen atoms in total. The maximum absolute atomic E-state index is 13.4. The molecule has 7 heteroatoms. The minimum absolute atomic E-state index is 0.0910. The second kappa shape index (κ2) is 6.22. The second-order valence-corrected chi connectivity index (χ2v) is 6.70. The van der Waals surface area contributed by atoms with Gasteiger partial charge in [-0.3, -0.25) is 0 Å². The predicted octanol–water partition coefficient (Wildman–Crippen LogP) is 4.77. The summed E-state index contributed by atoms with van der Waals surface area (Å²) in [5, 5.41) is 1.14. The Morgan fingerprint density at radius 3 is 2.65 bits per heavy atom. The Hall–Kier alpha value is -2.05. The van der Waals surface area contributed by atoms with Crippen molar-refractivity contribution in [3.63, 3.8) is 0 Å². The van der Waals surface area contributed by atoms with Gasteiger partial charge in [0.25, 0.3) is 0 Å². The molecule has 0 aliphatic rings. The Balaban J connectivity index is 2.20. The topological polar surface area (TPSA) is 64.7 Å². The lowest BCUT2D eigenvalue weighted by atomic mass is 10.1. The van der Waals surface area contributed by atoms with Crippen molar-refractivity contribution in [2.24, 2.45) is 0 Å². The number of benzene rings is 1. The molecule has 2 N–H and O–H groups in total. The van der Waals surface area contributed by atoms with Gasteiger partial charge in [-0.05, 0) is 35.9 Å². The normalized spacial score (nSPS) is 11.2. The Morgan fingerprint density at radius 1 is 1.22 bits per heavy atom. The fourth-order valence-electron chi connectivity index (χ4n) is 2.11. The minimum Gasteiger partial charge on any atom is -0.396 e. The quantitative estimate of drug-likeness (QED) is 0.547. The fraction of sp³-hybridized carbons (Fsp3) is 0.188. The summed E-state index contributed by atoms with van der Waals surface area (Å²) >= 11 is 7.44. The van der Waals surface area contributed by atoms with Gasteiger partial charge < -0.3 is 5.73 Å². The highest BCUT2D eigenvalue weighted by Crippen LogP contribution is 2.39. The van der Waals surface area contributed by atoms with Crippen molar-refractivity contribution in [3.05, 3.63) is 46.6 Å². The lowest BCUT2D eigenvalue weighted by Crippen LogP contribution is -1.93. The standard InChI is InChI=1S/C16H14ClFN4S/c1-8(2)15-22-13(9-3-4-10(18)11(19)7-9)14(23-15)12-5-6-20-16(17)21-12/h3-8H,19H2,1-2H3. The third-order valence-electron chi connectivity index (χ3n) is 3.27. The van der Waals surface area contributed by atoms with Crippen LogP contribution in [0.1, 0.15) is 24.8 Å². The summed E-state index contributed by atoms with van der Waals surface area (Å²) in [5.41, 5.74) is 7.94. The Kier molecular flexibility index (Phi) is 4.28. The van der Waals surface area contributed by atoms with Crippen LogP contribution in [0.2, 0.25) is 5.28 Å². The summed E-state index contributed by atoms with van der Waals surface area (Å²) in [6.45, 7) is 4.14. The van der Waals surface area contributed by atoms with Crippen molar-refractivity contribution >= 4 is 28.6 Å². The van der Waals surface area contributed by atoms with Crippen LogP contribution in [0.3, 0.4) is 0 Å². The zero-order chi connectivity index (χ0) is 16.6. The van der Waals surface area contributed by atoms with Crippen molar-refractivity contribution in [2.45, 2.75) is 19.8 Å². The summed E-state index contributed by atoms with van der Waals surface area (Å²) in [6.07, 6.45) is 1.60. The summed E-state index contributed by atoms with van der Waals surface area (Å²) < 4.78 is 13.4. The van der Waals surface area contributed by atoms with E-state index in [9.17, 15) is 4.39 Å². The van der Waals surface area contributed by atoms with Gasteiger partial charge in [-0.25, -0.2) is 19.3 Å². The summed E-state index contributed by atoms with van der Waals surface area (Å²) in [6, 6.07) is 6.37. The van der Waals surface area contributed by atoms with E-state index in [1.54, 1.807) is 24.4 Å². The summed E-state index contributed by atoms with van der Waals surface area (Å²) in [7, 11) is 0. The van der Waals surface area contributed by atoms with Gasteiger partial charge >= 0.3 is 0 Å². The molecule has 23 heavy (non-hydrogen) atoms. The van der Waals surface area contributed by atoms with E-state index in [0.29, 0.717) is 5.69 Å². The van der Waals surface area contributed by atoms with Crippen LogP contribution in [0.25, 0.3) is 21.8 Å². The molecule has 0 radical (unpaired) electrons. The van der Waals surface area contributed by atoms with E-state index < -0.39 is 5.82 Å². The first kappa shape index (κ1) is 15.8. The maximum Gasteiger partial charge on any atom is 0.222 e. The molecular weight excluding hydrogens is 335 g/mol. The van der Waals surface area contributed by atoms with Crippen molar-refractivity contribution in [3.8, 4) is 21.8 Å². The number of hydrogen-bond acceptors (Lipinski definition) is 5. The third kappa shape index (κ3) is 3.18. The molecule has 118 valence electrons. The van der Waals surface area contributed by atoms with E-state index in [-0.39, 0.29) is 16.9 Å². The lowest BCUT2D eigenvalue weighted by Gasteiger charge is -2.04. The minimum atomic E-state index is -0.445. The van der Waals surface area contributed by atoms with Crippen molar-refractivity contribution < 1.29 is 4.39 Å². The van der Waals surface area contributed by atoms with Crippen LogP contribution in [0, 0.1) is 5.82 Å². The van der Waals surface area contributed by atoms with Gasteiger partial charge in [0.1, 0.15) is 5.82 Å². The molecule has 1 aromatic carbocycles. The molecule has 0 saturated carbocycles. The molecule has 0 amide bonds. The van der Waals surface area contributed by atoms with Gasteiger partial charge in [0, 0.05) is 17.7 Å². The van der Waals surface area contributed by atoms with Crippen LogP contribution in [0.15, 0.2) is 30.5 Å². The molecule has 0 spiro atoms. The maximum atomic E-state index is 13.4. The molecule has 0 unspecified atom stereocenters. The van der Waals surface area contributed by atoms with Gasteiger partial charge in [0.05, 0.1) is 27.0 Å². The average molecular weight is 349 g/mol. The van der Waals surface area contributed by atoms with E-state index in [0.717, 1.165) is 21.1 Å². The van der Waals surface area contributed by atoms with Crippen molar-refractivity contribution in [1.29, 1.82) is 0 Å². The number of nitrogens with two attached hydrogens (primary N) is 1.